The third-order valence-corrected chi connectivity index (χ3v) is 4.70. The highest BCUT2D eigenvalue weighted by molar-refractivity contribution is 6.52. The van der Waals surface area contributed by atoms with Gasteiger partial charge in [0.05, 0.1) is 11.3 Å². The first-order valence-electron chi connectivity index (χ1n) is 8.37. The first kappa shape index (κ1) is 18.8. The van der Waals surface area contributed by atoms with E-state index in [1.54, 1.807) is 0 Å². The number of Topliss-reactive ketones (excluding diaryl/α,β-unsaturated/α-hetero) is 1. The number of nitrogens with zero attached hydrogens (tertiary/aromatic N) is 2. The minimum atomic E-state index is -4.65. The van der Waals surface area contributed by atoms with E-state index in [1.807, 2.05) is 0 Å². The minimum absolute atomic E-state index is 0.0605. The number of hydrazone groups is 1. The number of alkyl halides is 3. The van der Waals surface area contributed by atoms with Gasteiger partial charge in [0.15, 0.2) is 0 Å². The summed E-state index contributed by atoms with van der Waals surface area (Å²) < 4.78 is 52.0. The van der Waals surface area contributed by atoms with Crippen molar-refractivity contribution in [3.05, 3.63) is 65.5 Å². The van der Waals surface area contributed by atoms with Gasteiger partial charge in [0.25, 0.3) is 5.91 Å². The van der Waals surface area contributed by atoms with Crippen LogP contribution in [-0.2, 0) is 15.8 Å². The van der Waals surface area contributed by atoms with Crippen LogP contribution in [0.5, 0.6) is 0 Å². The molecular formula is C19H11F4N3O3. The van der Waals surface area contributed by atoms with E-state index in [9.17, 15) is 31.9 Å². The smallest absolute Gasteiger partial charge is 0.296 e. The molecule has 0 spiro atoms. The number of anilines is 1. The Labute approximate surface area is 160 Å². The van der Waals surface area contributed by atoms with Crippen molar-refractivity contribution in [3.63, 3.8) is 0 Å². The maximum Gasteiger partial charge on any atom is 0.416 e. The Bertz CT molecular complexity index is 1060. The van der Waals surface area contributed by atoms with Crippen molar-refractivity contribution in [2.24, 2.45) is 11.0 Å². The Morgan fingerprint density at radius 3 is 2.38 bits per heavy atom. The number of ketones is 1. The zero-order valence-corrected chi connectivity index (χ0v) is 14.4. The quantitative estimate of drug-likeness (QED) is 0.484. The molecule has 0 aliphatic carbocycles. The van der Waals surface area contributed by atoms with Gasteiger partial charge in [-0.2, -0.15) is 18.3 Å². The second-order valence-corrected chi connectivity index (χ2v) is 6.48. The Morgan fingerprint density at radius 1 is 1.03 bits per heavy atom. The van der Waals surface area contributed by atoms with E-state index in [0.717, 1.165) is 24.3 Å². The summed E-state index contributed by atoms with van der Waals surface area (Å²) >= 11 is 0. The predicted octanol–water partition coefficient (Wildman–Crippen LogP) is 2.54. The third kappa shape index (κ3) is 3.06. The van der Waals surface area contributed by atoms with Crippen molar-refractivity contribution in [2.75, 3.05) is 4.90 Å². The molecule has 148 valence electrons. The Hall–Kier alpha value is -3.56. The molecule has 0 unspecified atom stereocenters. The van der Waals surface area contributed by atoms with E-state index in [1.165, 1.54) is 18.2 Å². The van der Waals surface area contributed by atoms with Crippen molar-refractivity contribution in [2.45, 2.75) is 12.2 Å². The number of halogens is 4. The van der Waals surface area contributed by atoms with Crippen molar-refractivity contribution >= 4 is 29.0 Å². The molecule has 2 atom stereocenters. The van der Waals surface area contributed by atoms with Crippen molar-refractivity contribution in [1.82, 2.24) is 5.43 Å². The molecule has 1 fully saturated rings. The van der Waals surface area contributed by atoms with Gasteiger partial charge in [-0.15, -0.1) is 0 Å². The topological polar surface area (TPSA) is 78.8 Å². The summed E-state index contributed by atoms with van der Waals surface area (Å²) in [5, 5.41) is 3.78. The second-order valence-electron chi connectivity index (χ2n) is 6.48. The standard InChI is InChI=1S/C19H11F4N3O3/c20-11-6-4-9(5-7-11)16(27)14-13-15(25-24-14)18(29)26(17(13)28)12-3-1-2-10(8-12)19(21,22)23/h1-8,13,15,25H/t13-,15+/m1/s1. The van der Waals surface area contributed by atoms with E-state index in [0.29, 0.717) is 11.0 Å². The Kier molecular flexibility index (Phi) is 4.21. The number of nitrogens with one attached hydrogen (secondary N) is 1. The van der Waals surface area contributed by atoms with E-state index < -0.39 is 47.1 Å². The van der Waals surface area contributed by atoms with Crippen LogP contribution < -0.4 is 10.3 Å². The number of hydrogen-bond donors (Lipinski definition) is 1. The van der Waals surface area contributed by atoms with E-state index >= 15 is 0 Å². The number of fused-ring (bicyclic) bond motifs is 1. The molecular weight excluding hydrogens is 394 g/mol. The second kappa shape index (κ2) is 6.50. The SMILES string of the molecule is O=C(C1=NN[C@@H]2C(=O)N(c3cccc(C(F)(F)F)c3)C(=O)[C@H]12)c1ccc(F)cc1. The largest absolute Gasteiger partial charge is 0.416 e. The number of amides is 2. The van der Waals surface area contributed by atoms with Crippen LogP contribution in [0.25, 0.3) is 0 Å². The summed E-state index contributed by atoms with van der Waals surface area (Å²) in [6.45, 7) is 0. The molecule has 6 nitrogen and oxygen atoms in total. The molecule has 0 aromatic heterocycles. The maximum absolute atomic E-state index is 13.1. The van der Waals surface area contributed by atoms with Crippen LogP contribution in [0.3, 0.4) is 0 Å². The predicted molar refractivity (Wildman–Crippen MR) is 92.5 cm³/mol. The highest BCUT2D eigenvalue weighted by Crippen LogP contribution is 2.35. The summed E-state index contributed by atoms with van der Waals surface area (Å²) in [6.07, 6.45) is -4.65. The first-order valence-corrected chi connectivity index (χ1v) is 8.37. The van der Waals surface area contributed by atoms with Gasteiger partial charge >= 0.3 is 6.18 Å². The van der Waals surface area contributed by atoms with Gasteiger partial charge in [-0.3, -0.25) is 19.8 Å². The minimum Gasteiger partial charge on any atom is -0.296 e. The molecule has 2 heterocycles. The molecule has 29 heavy (non-hydrogen) atoms. The number of hydrogen-bond acceptors (Lipinski definition) is 5. The van der Waals surface area contributed by atoms with Crippen LogP contribution in [0.2, 0.25) is 0 Å². The lowest BCUT2D eigenvalue weighted by Gasteiger charge is -2.17. The fourth-order valence-electron chi connectivity index (χ4n) is 3.30. The monoisotopic (exact) mass is 405 g/mol. The molecule has 2 aliphatic heterocycles. The third-order valence-electron chi connectivity index (χ3n) is 4.70. The highest BCUT2D eigenvalue weighted by Gasteiger charge is 2.55. The molecule has 2 aromatic rings. The van der Waals surface area contributed by atoms with Gasteiger partial charge in [0.2, 0.25) is 11.7 Å². The van der Waals surface area contributed by atoms with Gasteiger partial charge < -0.3 is 0 Å². The molecule has 0 bridgehead atoms. The number of carbonyl (C=O) groups excluding carboxylic acids is 3. The van der Waals surface area contributed by atoms with Crippen LogP contribution in [0.4, 0.5) is 23.2 Å². The van der Waals surface area contributed by atoms with Crippen LogP contribution in [-0.4, -0.2) is 29.4 Å². The average Bonchev–Trinajstić information content (AvgIpc) is 3.22. The normalized spacial score (nSPS) is 21.1. The summed E-state index contributed by atoms with van der Waals surface area (Å²) in [7, 11) is 0. The number of benzene rings is 2. The van der Waals surface area contributed by atoms with Crippen LogP contribution in [0, 0.1) is 11.7 Å². The summed E-state index contributed by atoms with van der Waals surface area (Å²) in [4.78, 5) is 38.8. The number of imide groups is 1. The van der Waals surface area contributed by atoms with Crippen LogP contribution in [0.15, 0.2) is 53.6 Å². The summed E-state index contributed by atoms with van der Waals surface area (Å²) in [5.41, 5.74) is 0.952. The molecule has 10 heteroatoms. The molecule has 0 radical (unpaired) electrons. The highest BCUT2D eigenvalue weighted by atomic mass is 19.4. The zero-order chi connectivity index (χ0) is 20.9. The van der Waals surface area contributed by atoms with Gasteiger partial charge in [-0.05, 0) is 42.5 Å². The molecule has 2 amide bonds. The summed E-state index contributed by atoms with van der Waals surface area (Å²) in [6, 6.07) is 7.13. The Morgan fingerprint density at radius 2 is 1.72 bits per heavy atom. The summed E-state index contributed by atoms with van der Waals surface area (Å²) in [5.74, 6) is -4.20. The van der Waals surface area contributed by atoms with Gasteiger partial charge in [0.1, 0.15) is 23.5 Å². The van der Waals surface area contributed by atoms with E-state index in [2.05, 4.69) is 10.5 Å². The maximum atomic E-state index is 13.1. The van der Waals surface area contributed by atoms with Gasteiger partial charge in [-0.25, -0.2) is 9.29 Å². The lowest BCUT2D eigenvalue weighted by atomic mass is 9.93. The lowest BCUT2D eigenvalue weighted by Crippen LogP contribution is -2.36. The molecule has 0 saturated carbocycles. The molecule has 2 aliphatic rings. The molecule has 2 aromatic carbocycles. The van der Waals surface area contributed by atoms with Crippen molar-refractivity contribution in [3.8, 4) is 0 Å². The molecule has 1 saturated heterocycles. The lowest BCUT2D eigenvalue weighted by molar-refractivity contribution is -0.137. The van der Waals surface area contributed by atoms with E-state index in [-0.39, 0.29) is 17.0 Å². The van der Waals surface area contributed by atoms with Gasteiger partial charge in [0, 0.05) is 5.56 Å². The number of rotatable bonds is 3. The van der Waals surface area contributed by atoms with Crippen molar-refractivity contribution in [1.29, 1.82) is 0 Å². The Balaban J connectivity index is 1.66. The fourth-order valence-corrected chi connectivity index (χ4v) is 3.30. The van der Waals surface area contributed by atoms with Crippen molar-refractivity contribution < 1.29 is 31.9 Å². The van der Waals surface area contributed by atoms with Crippen LogP contribution in [0.1, 0.15) is 15.9 Å². The first-order chi connectivity index (χ1) is 13.7. The van der Waals surface area contributed by atoms with Crippen LogP contribution >= 0.6 is 0 Å². The zero-order valence-electron chi connectivity index (χ0n) is 14.4. The molecule has 4 rings (SSSR count). The number of carbonyl (C=O) groups is 3. The fraction of sp³-hybridized carbons (Fsp3) is 0.158. The van der Waals surface area contributed by atoms with Gasteiger partial charge in [-0.1, -0.05) is 6.07 Å². The van der Waals surface area contributed by atoms with E-state index in [4.69, 9.17) is 0 Å². The molecule has 1 N–H and O–H groups in total. The average molecular weight is 405 g/mol.